The first kappa shape index (κ1) is 19.7. The van der Waals surface area contributed by atoms with E-state index < -0.39 is 28.8 Å². The van der Waals surface area contributed by atoms with E-state index >= 15 is 0 Å². The van der Waals surface area contributed by atoms with E-state index in [0.717, 1.165) is 16.8 Å². The third kappa shape index (κ3) is 4.11. The summed E-state index contributed by atoms with van der Waals surface area (Å²) in [5, 5.41) is 6.29. The molecule has 0 fully saturated rings. The van der Waals surface area contributed by atoms with Gasteiger partial charge in [-0.2, -0.15) is 18.3 Å². The second kappa shape index (κ2) is 7.55. The molecule has 0 radical (unpaired) electrons. The molecule has 3 rings (SSSR count). The predicted octanol–water partition coefficient (Wildman–Crippen LogP) is 3.97. The smallest absolute Gasteiger partial charge is 0.305 e. The van der Waals surface area contributed by atoms with Crippen LogP contribution in [0, 0.1) is 6.92 Å². The van der Waals surface area contributed by atoms with Crippen LogP contribution in [0.25, 0.3) is 5.69 Å². The van der Waals surface area contributed by atoms with E-state index in [0.29, 0.717) is 4.47 Å². The minimum atomic E-state index is -4.63. The van der Waals surface area contributed by atoms with Gasteiger partial charge in [0.05, 0.1) is 11.3 Å². The number of pyridine rings is 1. The number of hydrogen-bond donors (Lipinski definition) is 1. The maximum atomic E-state index is 13.3. The molecular weight excluding hydrogens is 441 g/mol. The summed E-state index contributed by atoms with van der Waals surface area (Å²) in [5.74, 6) is -0.713. The zero-order valence-electron chi connectivity index (χ0n) is 14.3. The van der Waals surface area contributed by atoms with Crippen LogP contribution in [-0.2, 0) is 6.18 Å². The summed E-state index contributed by atoms with van der Waals surface area (Å²) in [6.07, 6.45) is -3.19. The van der Waals surface area contributed by atoms with Crippen molar-refractivity contribution in [3.63, 3.8) is 0 Å². The van der Waals surface area contributed by atoms with Crippen LogP contribution in [0.3, 0.4) is 0 Å². The molecule has 10 heteroatoms. The van der Waals surface area contributed by atoms with Crippen molar-refractivity contribution in [2.45, 2.75) is 13.1 Å². The zero-order chi connectivity index (χ0) is 20.5. The van der Waals surface area contributed by atoms with Crippen molar-refractivity contribution in [2.24, 2.45) is 0 Å². The van der Waals surface area contributed by atoms with Crippen LogP contribution in [-0.4, -0.2) is 20.7 Å². The van der Waals surface area contributed by atoms with Crippen LogP contribution in [0.2, 0.25) is 0 Å². The van der Waals surface area contributed by atoms with Gasteiger partial charge in [0.15, 0.2) is 5.69 Å². The van der Waals surface area contributed by atoms with Crippen molar-refractivity contribution >= 4 is 27.7 Å². The number of halogens is 4. The Morgan fingerprint density at radius 2 is 1.89 bits per heavy atom. The number of rotatable bonds is 3. The Hall–Kier alpha value is -3.01. The fourth-order valence-corrected chi connectivity index (χ4v) is 2.71. The molecule has 0 saturated heterocycles. The van der Waals surface area contributed by atoms with Crippen LogP contribution in [0.15, 0.2) is 57.9 Å². The molecule has 0 bridgehead atoms. The molecule has 144 valence electrons. The van der Waals surface area contributed by atoms with Gasteiger partial charge < -0.3 is 5.32 Å². The predicted molar refractivity (Wildman–Crippen MR) is 99.5 cm³/mol. The molecule has 0 atom stereocenters. The van der Waals surface area contributed by atoms with Gasteiger partial charge in [-0.25, -0.2) is 9.67 Å². The Kier molecular flexibility index (Phi) is 5.32. The minimum absolute atomic E-state index is 0.153. The molecular formula is C18H12BrF3N4O2. The van der Waals surface area contributed by atoms with Crippen molar-refractivity contribution in [3.8, 4) is 5.69 Å². The number of para-hydroxylation sites is 1. The summed E-state index contributed by atoms with van der Waals surface area (Å²) < 4.78 is 41.6. The van der Waals surface area contributed by atoms with Gasteiger partial charge in [-0.1, -0.05) is 12.1 Å². The molecule has 1 aromatic carbocycles. The molecule has 0 saturated carbocycles. The van der Waals surface area contributed by atoms with Crippen molar-refractivity contribution in [2.75, 3.05) is 5.32 Å². The Labute approximate surface area is 165 Å². The number of carbonyl (C=O) groups excluding carboxylic acids is 1. The summed E-state index contributed by atoms with van der Waals surface area (Å²) in [7, 11) is 0. The average molecular weight is 453 g/mol. The highest BCUT2D eigenvalue weighted by Gasteiger charge is 2.34. The third-order valence-corrected chi connectivity index (χ3v) is 4.20. The van der Waals surface area contributed by atoms with Crippen molar-refractivity contribution in [1.82, 2.24) is 14.8 Å². The Bertz CT molecular complexity index is 1100. The zero-order valence-corrected chi connectivity index (χ0v) is 15.9. The van der Waals surface area contributed by atoms with Crippen molar-refractivity contribution < 1.29 is 18.0 Å². The fraction of sp³-hybridized carbons (Fsp3) is 0.111. The van der Waals surface area contributed by atoms with Gasteiger partial charge in [0, 0.05) is 22.4 Å². The molecule has 2 heterocycles. The van der Waals surface area contributed by atoms with Gasteiger partial charge in [-0.15, -0.1) is 0 Å². The molecule has 0 aliphatic carbocycles. The number of aryl methyl sites for hydroxylation is 1. The highest BCUT2D eigenvalue weighted by molar-refractivity contribution is 9.10. The van der Waals surface area contributed by atoms with E-state index in [9.17, 15) is 22.8 Å². The van der Waals surface area contributed by atoms with E-state index in [-0.39, 0.29) is 17.2 Å². The quantitative estimate of drug-likeness (QED) is 0.652. The van der Waals surface area contributed by atoms with Gasteiger partial charge in [0.25, 0.3) is 5.91 Å². The van der Waals surface area contributed by atoms with Gasteiger partial charge in [-0.3, -0.25) is 9.59 Å². The number of alkyl halides is 3. The molecule has 28 heavy (non-hydrogen) atoms. The van der Waals surface area contributed by atoms with Crippen LogP contribution in [0.4, 0.5) is 19.0 Å². The third-order valence-electron chi connectivity index (χ3n) is 3.73. The molecule has 0 spiro atoms. The minimum Gasteiger partial charge on any atom is -0.305 e. The van der Waals surface area contributed by atoms with Gasteiger partial charge in [0.2, 0.25) is 5.43 Å². The summed E-state index contributed by atoms with van der Waals surface area (Å²) in [5.41, 5.74) is -2.33. The monoisotopic (exact) mass is 452 g/mol. The highest BCUT2D eigenvalue weighted by atomic mass is 79.9. The topological polar surface area (TPSA) is 76.9 Å². The Balaban J connectivity index is 2.06. The lowest BCUT2D eigenvalue weighted by molar-refractivity contribution is -0.137. The number of nitrogens with zero attached hydrogens (tertiary/aromatic N) is 3. The number of benzene rings is 1. The fourth-order valence-electron chi connectivity index (χ4n) is 2.47. The van der Waals surface area contributed by atoms with E-state index in [4.69, 9.17) is 0 Å². The first-order chi connectivity index (χ1) is 13.2. The number of amides is 1. The number of aromatic nitrogens is 3. The van der Waals surface area contributed by atoms with Gasteiger partial charge in [-0.05, 0) is 47.1 Å². The molecule has 3 aromatic rings. The van der Waals surface area contributed by atoms with Gasteiger partial charge in [0.1, 0.15) is 5.82 Å². The summed E-state index contributed by atoms with van der Waals surface area (Å²) >= 11 is 3.20. The molecule has 0 unspecified atom stereocenters. The van der Waals surface area contributed by atoms with Crippen molar-refractivity contribution in [1.29, 1.82) is 0 Å². The van der Waals surface area contributed by atoms with Crippen LogP contribution < -0.4 is 10.7 Å². The SMILES string of the molecule is Cc1cc(=O)c(C(=O)Nc2ccc(Br)cn2)nn1-c1ccccc1C(F)(F)F. The van der Waals surface area contributed by atoms with E-state index in [1.165, 1.54) is 37.4 Å². The van der Waals surface area contributed by atoms with E-state index in [2.05, 4.69) is 31.3 Å². The maximum Gasteiger partial charge on any atom is 0.418 e. The molecule has 6 nitrogen and oxygen atoms in total. The first-order valence-corrected chi connectivity index (χ1v) is 8.66. The Morgan fingerprint density at radius 3 is 2.54 bits per heavy atom. The Morgan fingerprint density at radius 1 is 1.18 bits per heavy atom. The largest absolute Gasteiger partial charge is 0.418 e. The van der Waals surface area contributed by atoms with E-state index in [1.807, 2.05) is 0 Å². The van der Waals surface area contributed by atoms with Crippen LogP contribution in [0.5, 0.6) is 0 Å². The van der Waals surface area contributed by atoms with Gasteiger partial charge >= 0.3 is 6.18 Å². The standard InChI is InChI=1S/C18H12BrF3N4O2/c1-10-8-14(27)16(17(28)24-15-7-6-11(19)9-23-15)25-26(10)13-5-3-2-4-12(13)18(20,21)22/h2-9H,1H3,(H,23,24,28). The summed E-state index contributed by atoms with van der Waals surface area (Å²) in [6, 6.07) is 8.96. The number of carbonyl (C=O) groups is 1. The maximum absolute atomic E-state index is 13.3. The molecule has 2 aromatic heterocycles. The van der Waals surface area contributed by atoms with Crippen LogP contribution in [0.1, 0.15) is 21.7 Å². The number of anilines is 1. The first-order valence-electron chi connectivity index (χ1n) is 7.87. The number of nitrogens with one attached hydrogen (secondary N) is 1. The molecule has 0 aliphatic rings. The van der Waals surface area contributed by atoms with E-state index in [1.54, 1.807) is 6.07 Å². The average Bonchev–Trinajstić information content (AvgIpc) is 2.63. The second-order valence-electron chi connectivity index (χ2n) is 5.74. The summed E-state index contributed by atoms with van der Waals surface area (Å²) in [4.78, 5) is 28.6. The molecule has 1 N–H and O–H groups in total. The van der Waals surface area contributed by atoms with Crippen LogP contribution >= 0.6 is 15.9 Å². The van der Waals surface area contributed by atoms with Crippen molar-refractivity contribution in [3.05, 3.63) is 80.3 Å². The highest BCUT2D eigenvalue weighted by Crippen LogP contribution is 2.33. The lowest BCUT2D eigenvalue weighted by Gasteiger charge is -2.16. The lowest BCUT2D eigenvalue weighted by Crippen LogP contribution is -2.27. The molecule has 1 amide bonds. The normalized spacial score (nSPS) is 11.3. The lowest BCUT2D eigenvalue weighted by atomic mass is 10.1. The summed E-state index contributed by atoms with van der Waals surface area (Å²) in [6.45, 7) is 1.43. The number of hydrogen-bond acceptors (Lipinski definition) is 4. The molecule has 0 aliphatic heterocycles. The second-order valence-corrected chi connectivity index (χ2v) is 6.66.